The lowest BCUT2D eigenvalue weighted by molar-refractivity contribution is -0.122. The van der Waals surface area contributed by atoms with Gasteiger partial charge in [-0.25, -0.2) is 4.79 Å². The molecular weight excluding hydrogens is 200 g/mol. The third-order valence-corrected chi connectivity index (χ3v) is 2.94. The Labute approximate surface area is 88.1 Å². The van der Waals surface area contributed by atoms with Gasteiger partial charge in [0.05, 0.1) is 0 Å². The standard InChI is InChI=1S/C8H14N2O2.CH2O2/c1-9-2-6-4-10(8(11)12)5-7(6)3-9;2-1-3/h6-7H,2-5H2,1H3,(H,11,12);1H,(H,2,3). The number of hydrogen-bond donors (Lipinski definition) is 2. The van der Waals surface area contributed by atoms with Crippen LogP contribution in [0.4, 0.5) is 4.79 Å². The van der Waals surface area contributed by atoms with Crippen LogP contribution in [0, 0.1) is 11.8 Å². The van der Waals surface area contributed by atoms with Crippen LogP contribution in [0.1, 0.15) is 0 Å². The molecule has 2 saturated heterocycles. The number of hydrogen-bond acceptors (Lipinski definition) is 3. The number of amides is 1. The van der Waals surface area contributed by atoms with Gasteiger partial charge < -0.3 is 20.0 Å². The van der Waals surface area contributed by atoms with Crippen LogP contribution in [-0.4, -0.2) is 65.8 Å². The smallest absolute Gasteiger partial charge is 0.407 e. The van der Waals surface area contributed by atoms with Crippen molar-refractivity contribution in [1.29, 1.82) is 0 Å². The highest BCUT2D eigenvalue weighted by atomic mass is 16.4. The van der Waals surface area contributed by atoms with E-state index in [2.05, 4.69) is 11.9 Å². The monoisotopic (exact) mass is 216 g/mol. The fourth-order valence-electron chi connectivity index (χ4n) is 2.38. The maximum absolute atomic E-state index is 10.6. The largest absolute Gasteiger partial charge is 0.483 e. The highest BCUT2D eigenvalue weighted by Gasteiger charge is 2.40. The third-order valence-electron chi connectivity index (χ3n) is 2.94. The summed E-state index contributed by atoms with van der Waals surface area (Å²) in [7, 11) is 2.10. The van der Waals surface area contributed by atoms with Crippen molar-refractivity contribution in [3.63, 3.8) is 0 Å². The van der Waals surface area contributed by atoms with E-state index in [1.807, 2.05) is 0 Å². The van der Waals surface area contributed by atoms with Gasteiger partial charge in [0.1, 0.15) is 0 Å². The van der Waals surface area contributed by atoms with Crippen molar-refractivity contribution in [2.45, 2.75) is 0 Å². The van der Waals surface area contributed by atoms with Gasteiger partial charge >= 0.3 is 6.09 Å². The van der Waals surface area contributed by atoms with E-state index in [-0.39, 0.29) is 6.47 Å². The lowest BCUT2D eigenvalue weighted by atomic mass is 10.0. The van der Waals surface area contributed by atoms with E-state index in [9.17, 15) is 4.79 Å². The Morgan fingerprint density at radius 2 is 1.67 bits per heavy atom. The van der Waals surface area contributed by atoms with E-state index in [0.717, 1.165) is 26.2 Å². The van der Waals surface area contributed by atoms with Gasteiger partial charge in [0.15, 0.2) is 0 Å². The summed E-state index contributed by atoms with van der Waals surface area (Å²) >= 11 is 0. The molecule has 0 spiro atoms. The van der Waals surface area contributed by atoms with Gasteiger partial charge in [-0.3, -0.25) is 4.79 Å². The zero-order chi connectivity index (χ0) is 11.4. The minimum atomic E-state index is -0.757. The molecule has 0 saturated carbocycles. The highest BCUT2D eigenvalue weighted by Crippen LogP contribution is 2.29. The average molecular weight is 216 g/mol. The molecule has 0 aromatic heterocycles. The SMILES string of the molecule is CN1CC2CN(C(=O)O)CC2C1.O=CO. The second-order valence-corrected chi connectivity index (χ2v) is 4.03. The molecule has 2 heterocycles. The first-order valence-electron chi connectivity index (χ1n) is 4.82. The van der Waals surface area contributed by atoms with E-state index in [0.29, 0.717) is 11.8 Å². The molecule has 2 unspecified atom stereocenters. The van der Waals surface area contributed by atoms with Crippen LogP contribution in [0.25, 0.3) is 0 Å². The van der Waals surface area contributed by atoms with Gasteiger partial charge in [0, 0.05) is 26.2 Å². The van der Waals surface area contributed by atoms with Crippen molar-refractivity contribution >= 4 is 12.6 Å². The first kappa shape index (κ1) is 11.8. The van der Waals surface area contributed by atoms with Gasteiger partial charge in [-0.1, -0.05) is 0 Å². The summed E-state index contributed by atoms with van der Waals surface area (Å²) in [5.41, 5.74) is 0. The Morgan fingerprint density at radius 3 is 2.00 bits per heavy atom. The quantitative estimate of drug-likeness (QED) is 0.551. The molecule has 15 heavy (non-hydrogen) atoms. The van der Waals surface area contributed by atoms with E-state index >= 15 is 0 Å². The molecule has 1 amide bonds. The molecule has 2 fully saturated rings. The Kier molecular flexibility index (Phi) is 3.90. The second kappa shape index (κ2) is 4.97. The zero-order valence-electron chi connectivity index (χ0n) is 8.67. The van der Waals surface area contributed by atoms with Crippen molar-refractivity contribution in [2.24, 2.45) is 11.8 Å². The average Bonchev–Trinajstić information content (AvgIpc) is 2.61. The second-order valence-electron chi connectivity index (χ2n) is 4.03. The number of nitrogens with zero attached hydrogens (tertiary/aromatic N) is 2. The van der Waals surface area contributed by atoms with Crippen molar-refractivity contribution in [3.8, 4) is 0 Å². The molecule has 2 aliphatic heterocycles. The van der Waals surface area contributed by atoms with Crippen molar-refractivity contribution < 1.29 is 19.8 Å². The molecule has 6 nitrogen and oxygen atoms in total. The van der Waals surface area contributed by atoms with Crippen LogP contribution in [0.2, 0.25) is 0 Å². The summed E-state index contributed by atoms with van der Waals surface area (Å²) in [5, 5.41) is 15.6. The van der Waals surface area contributed by atoms with Gasteiger partial charge in [-0.15, -0.1) is 0 Å². The molecule has 2 aliphatic rings. The van der Waals surface area contributed by atoms with E-state index < -0.39 is 6.09 Å². The van der Waals surface area contributed by atoms with Crippen LogP contribution in [0.15, 0.2) is 0 Å². The maximum atomic E-state index is 10.6. The fourth-order valence-corrected chi connectivity index (χ4v) is 2.38. The molecule has 0 aromatic carbocycles. The molecular formula is C9H16N2O4. The number of rotatable bonds is 0. The zero-order valence-corrected chi connectivity index (χ0v) is 8.67. The first-order valence-corrected chi connectivity index (χ1v) is 4.82. The lowest BCUT2D eigenvalue weighted by Gasteiger charge is -2.15. The third kappa shape index (κ3) is 2.82. The van der Waals surface area contributed by atoms with Crippen LogP contribution in [0.3, 0.4) is 0 Å². The molecule has 2 N–H and O–H groups in total. The summed E-state index contributed by atoms with van der Waals surface area (Å²) in [6.45, 7) is 3.36. The molecule has 0 aliphatic carbocycles. The Morgan fingerprint density at radius 1 is 1.27 bits per heavy atom. The number of carbonyl (C=O) groups is 2. The molecule has 2 rings (SSSR count). The summed E-state index contributed by atoms with van der Waals surface area (Å²) in [4.78, 5) is 22.8. The van der Waals surface area contributed by atoms with Gasteiger partial charge in [0.2, 0.25) is 0 Å². The molecule has 2 atom stereocenters. The summed E-state index contributed by atoms with van der Waals surface area (Å²) in [6, 6.07) is 0. The molecule has 0 bridgehead atoms. The fraction of sp³-hybridized carbons (Fsp3) is 0.778. The molecule has 0 aromatic rings. The minimum absolute atomic E-state index is 0.250. The minimum Gasteiger partial charge on any atom is -0.483 e. The van der Waals surface area contributed by atoms with E-state index in [1.165, 1.54) is 0 Å². The first-order chi connectivity index (χ1) is 7.08. The summed E-state index contributed by atoms with van der Waals surface area (Å²) in [6.07, 6.45) is -0.757. The highest BCUT2D eigenvalue weighted by molar-refractivity contribution is 5.65. The predicted octanol–water partition coefficient (Wildman–Crippen LogP) is -0.141. The summed E-state index contributed by atoms with van der Waals surface area (Å²) < 4.78 is 0. The van der Waals surface area contributed by atoms with Crippen LogP contribution >= 0.6 is 0 Å². The Bertz CT molecular complexity index is 232. The van der Waals surface area contributed by atoms with Crippen LogP contribution in [-0.2, 0) is 4.79 Å². The Hall–Kier alpha value is -1.30. The van der Waals surface area contributed by atoms with E-state index in [1.54, 1.807) is 4.90 Å². The lowest BCUT2D eigenvalue weighted by Crippen LogP contribution is -2.30. The van der Waals surface area contributed by atoms with Crippen molar-refractivity contribution in [2.75, 3.05) is 33.2 Å². The van der Waals surface area contributed by atoms with E-state index in [4.69, 9.17) is 15.0 Å². The van der Waals surface area contributed by atoms with Crippen molar-refractivity contribution in [1.82, 2.24) is 9.80 Å². The van der Waals surface area contributed by atoms with Gasteiger partial charge in [-0.2, -0.15) is 0 Å². The maximum Gasteiger partial charge on any atom is 0.407 e. The summed E-state index contributed by atoms with van der Waals surface area (Å²) in [5.74, 6) is 1.18. The predicted molar refractivity (Wildman–Crippen MR) is 52.8 cm³/mol. The number of likely N-dealkylation sites (tertiary alicyclic amines) is 2. The van der Waals surface area contributed by atoms with Gasteiger partial charge in [-0.05, 0) is 18.9 Å². The molecule has 0 radical (unpaired) electrons. The van der Waals surface area contributed by atoms with Crippen molar-refractivity contribution in [3.05, 3.63) is 0 Å². The topological polar surface area (TPSA) is 81.1 Å². The molecule has 86 valence electrons. The normalized spacial score (nSPS) is 29.3. The van der Waals surface area contributed by atoms with Crippen LogP contribution < -0.4 is 0 Å². The molecule has 6 heteroatoms. The number of carboxylic acid groups (broad SMARTS) is 2. The van der Waals surface area contributed by atoms with Gasteiger partial charge in [0.25, 0.3) is 6.47 Å². The number of fused-ring (bicyclic) bond motifs is 1. The van der Waals surface area contributed by atoms with Crippen LogP contribution in [0.5, 0.6) is 0 Å². The Balaban J connectivity index is 0.000000337.